The van der Waals surface area contributed by atoms with Crippen molar-refractivity contribution in [2.45, 2.75) is 25.8 Å². The molecular weight excluding hydrogens is 234 g/mol. The van der Waals surface area contributed by atoms with E-state index in [1.165, 1.54) is 5.56 Å². The van der Waals surface area contributed by atoms with Crippen molar-refractivity contribution < 1.29 is 4.74 Å². The number of nitrogens with zero attached hydrogens (tertiary/aromatic N) is 1. The zero-order valence-corrected chi connectivity index (χ0v) is 11.7. The summed E-state index contributed by atoms with van der Waals surface area (Å²) in [6.45, 7) is 3.30. The van der Waals surface area contributed by atoms with Crippen LogP contribution in [-0.2, 0) is 6.42 Å². The molecule has 1 aromatic rings. The number of benzene rings is 1. The monoisotopic (exact) mass is 255 g/mol. The highest BCUT2D eigenvalue weighted by Crippen LogP contribution is 2.14. The van der Waals surface area contributed by atoms with Crippen LogP contribution in [0.3, 0.4) is 0 Å². The van der Waals surface area contributed by atoms with E-state index in [1.807, 2.05) is 12.1 Å². The van der Waals surface area contributed by atoms with E-state index in [1.54, 1.807) is 7.11 Å². The quantitative estimate of drug-likeness (QED) is 0.694. The van der Waals surface area contributed by atoms with Crippen molar-refractivity contribution in [2.75, 3.05) is 26.6 Å². The van der Waals surface area contributed by atoms with Crippen LogP contribution in [0.1, 0.15) is 18.9 Å². The van der Waals surface area contributed by atoms with Crippen molar-refractivity contribution in [1.29, 1.82) is 0 Å². The van der Waals surface area contributed by atoms with E-state index in [9.17, 15) is 0 Å². The van der Waals surface area contributed by atoms with Gasteiger partial charge in [0.1, 0.15) is 5.75 Å². The summed E-state index contributed by atoms with van der Waals surface area (Å²) >= 11 is 5.70. The van der Waals surface area contributed by atoms with Crippen LogP contribution in [0.5, 0.6) is 5.75 Å². The molecule has 0 bridgehead atoms. The zero-order valence-electron chi connectivity index (χ0n) is 10.9. The smallest absolute Gasteiger partial charge is 0.118 e. The van der Waals surface area contributed by atoms with Gasteiger partial charge in [0.2, 0.25) is 0 Å². The lowest BCUT2D eigenvalue weighted by atomic mass is 10.1. The van der Waals surface area contributed by atoms with Crippen LogP contribution < -0.4 is 4.74 Å². The fourth-order valence-electron chi connectivity index (χ4n) is 1.79. The van der Waals surface area contributed by atoms with E-state index >= 15 is 0 Å². The van der Waals surface area contributed by atoms with Crippen molar-refractivity contribution in [1.82, 2.24) is 4.90 Å². The first-order chi connectivity index (χ1) is 8.17. The predicted octanol–water partition coefficient (Wildman–Crippen LogP) is 3.19. The summed E-state index contributed by atoms with van der Waals surface area (Å²) in [5, 5.41) is 0. The maximum Gasteiger partial charge on any atom is 0.118 e. The summed E-state index contributed by atoms with van der Waals surface area (Å²) in [6, 6.07) is 8.82. The molecule has 17 heavy (non-hydrogen) atoms. The third-order valence-corrected chi connectivity index (χ3v) is 3.35. The van der Waals surface area contributed by atoms with Gasteiger partial charge in [-0.1, -0.05) is 12.1 Å². The van der Waals surface area contributed by atoms with Gasteiger partial charge in [-0.2, -0.15) is 0 Å². The summed E-state index contributed by atoms with van der Waals surface area (Å²) in [6.07, 6.45) is 2.10. The molecule has 0 heterocycles. The molecule has 0 fully saturated rings. The largest absolute Gasteiger partial charge is 0.497 e. The Morgan fingerprint density at radius 2 is 1.94 bits per heavy atom. The standard InChI is InChI=1S/C14H22ClNO/c1-12(16(2)10-4-9-15)11-13-5-7-14(17-3)8-6-13/h5-8,12H,4,9-11H2,1-3H3. The average molecular weight is 256 g/mol. The van der Waals surface area contributed by atoms with E-state index in [4.69, 9.17) is 16.3 Å². The van der Waals surface area contributed by atoms with Crippen molar-refractivity contribution in [3.63, 3.8) is 0 Å². The van der Waals surface area contributed by atoms with Crippen molar-refractivity contribution in [3.05, 3.63) is 29.8 Å². The van der Waals surface area contributed by atoms with Crippen LogP contribution in [-0.4, -0.2) is 37.5 Å². The van der Waals surface area contributed by atoms with Gasteiger partial charge < -0.3 is 9.64 Å². The van der Waals surface area contributed by atoms with Gasteiger partial charge in [0.05, 0.1) is 7.11 Å². The summed E-state index contributed by atoms with van der Waals surface area (Å²) < 4.78 is 5.15. The molecule has 2 nitrogen and oxygen atoms in total. The van der Waals surface area contributed by atoms with Gasteiger partial charge in [-0.25, -0.2) is 0 Å². The Hall–Kier alpha value is -0.730. The third-order valence-electron chi connectivity index (χ3n) is 3.09. The highest BCUT2D eigenvalue weighted by Gasteiger charge is 2.09. The summed E-state index contributed by atoms with van der Waals surface area (Å²) in [4.78, 5) is 2.35. The number of methoxy groups -OCH3 is 1. The molecule has 3 heteroatoms. The zero-order chi connectivity index (χ0) is 12.7. The SMILES string of the molecule is COc1ccc(CC(C)N(C)CCCCl)cc1. The Bertz CT molecular complexity index is 313. The molecule has 0 aliphatic rings. The molecule has 0 saturated heterocycles. The molecule has 0 aliphatic heterocycles. The number of likely N-dealkylation sites (N-methyl/N-ethyl adjacent to an activating group) is 1. The second-order valence-electron chi connectivity index (χ2n) is 4.42. The molecule has 96 valence electrons. The number of ether oxygens (including phenoxy) is 1. The van der Waals surface area contributed by atoms with Gasteiger partial charge in [-0.3, -0.25) is 0 Å². The second-order valence-corrected chi connectivity index (χ2v) is 4.80. The molecule has 1 rings (SSSR count). The number of rotatable bonds is 7. The minimum Gasteiger partial charge on any atom is -0.497 e. The maximum atomic E-state index is 5.70. The van der Waals surface area contributed by atoms with Gasteiger partial charge in [0, 0.05) is 11.9 Å². The van der Waals surface area contributed by atoms with Crippen LogP contribution in [0.4, 0.5) is 0 Å². The topological polar surface area (TPSA) is 12.5 Å². The van der Waals surface area contributed by atoms with Gasteiger partial charge in [-0.15, -0.1) is 11.6 Å². The molecule has 0 amide bonds. The molecule has 0 radical (unpaired) electrons. The van der Waals surface area contributed by atoms with Crippen molar-refractivity contribution in [2.24, 2.45) is 0 Å². The van der Waals surface area contributed by atoms with E-state index in [2.05, 4.69) is 31.0 Å². The van der Waals surface area contributed by atoms with Crippen LogP contribution >= 0.6 is 11.6 Å². The molecule has 1 atom stereocenters. The first-order valence-corrected chi connectivity index (χ1v) is 6.60. The Balaban J connectivity index is 2.46. The molecule has 1 aromatic carbocycles. The number of halogens is 1. The third kappa shape index (κ3) is 4.97. The minimum atomic E-state index is 0.534. The molecule has 0 spiro atoms. The number of alkyl halides is 1. The van der Waals surface area contributed by atoms with Crippen LogP contribution in [0, 0.1) is 0 Å². The number of hydrogen-bond acceptors (Lipinski definition) is 2. The maximum absolute atomic E-state index is 5.70. The molecule has 0 N–H and O–H groups in total. The predicted molar refractivity (Wildman–Crippen MR) is 74.1 cm³/mol. The Morgan fingerprint density at radius 1 is 1.29 bits per heavy atom. The lowest BCUT2D eigenvalue weighted by molar-refractivity contribution is 0.257. The summed E-state index contributed by atoms with van der Waals surface area (Å²) in [5.74, 6) is 1.65. The Morgan fingerprint density at radius 3 is 2.47 bits per heavy atom. The fraction of sp³-hybridized carbons (Fsp3) is 0.571. The summed E-state index contributed by atoms with van der Waals surface area (Å²) in [5.41, 5.74) is 1.34. The minimum absolute atomic E-state index is 0.534. The van der Waals surface area contributed by atoms with Gasteiger partial charge in [0.15, 0.2) is 0 Å². The van der Waals surface area contributed by atoms with Gasteiger partial charge >= 0.3 is 0 Å². The second kappa shape index (κ2) is 7.57. The average Bonchev–Trinajstić information content (AvgIpc) is 2.36. The molecule has 1 unspecified atom stereocenters. The van der Waals surface area contributed by atoms with E-state index in [-0.39, 0.29) is 0 Å². The lowest BCUT2D eigenvalue weighted by Crippen LogP contribution is -2.31. The van der Waals surface area contributed by atoms with Crippen LogP contribution in [0.15, 0.2) is 24.3 Å². The fourth-order valence-corrected chi connectivity index (χ4v) is 1.91. The normalized spacial score (nSPS) is 12.8. The lowest BCUT2D eigenvalue weighted by Gasteiger charge is -2.24. The first kappa shape index (κ1) is 14.3. The van der Waals surface area contributed by atoms with Crippen LogP contribution in [0.25, 0.3) is 0 Å². The van der Waals surface area contributed by atoms with Crippen molar-refractivity contribution in [3.8, 4) is 5.75 Å². The van der Waals surface area contributed by atoms with Gasteiger partial charge in [-0.05, 0) is 51.1 Å². The Kier molecular flexibility index (Phi) is 6.38. The van der Waals surface area contributed by atoms with Crippen molar-refractivity contribution >= 4 is 11.6 Å². The van der Waals surface area contributed by atoms with E-state index < -0.39 is 0 Å². The van der Waals surface area contributed by atoms with E-state index in [0.717, 1.165) is 31.0 Å². The molecular formula is C14H22ClNO. The van der Waals surface area contributed by atoms with E-state index in [0.29, 0.717) is 6.04 Å². The molecule has 0 saturated carbocycles. The summed E-state index contributed by atoms with van der Waals surface area (Å²) in [7, 11) is 3.85. The molecule has 0 aliphatic carbocycles. The highest BCUT2D eigenvalue weighted by atomic mass is 35.5. The first-order valence-electron chi connectivity index (χ1n) is 6.06. The Labute approximate surface area is 110 Å². The molecule has 0 aromatic heterocycles. The van der Waals surface area contributed by atoms with Gasteiger partial charge in [0.25, 0.3) is 0 Å². The number of hydrogen-bond donors (Lipinski definition) is 0. The highest BCUT2D eigenvalue weighted by molar-refractivity contribution is 6.17. The van der Waals surface area contributed by atoms with Crippen LogP contribution in [0.2, 0.25) is 0 Å².